The molecule has 0 bridgehead atoms. The van der Waals surface area contributed by atoms with Gasteiger partial charge in [-0.2, -0.15) is 0 Å². The van der Waals surface area contributed by atoms with E-state index in [-0.39, 0.29) is 31.2 Å². The molecule has 53 heavy (non-hydrogen) atoms. The first-order valence-electron chi connectivity index (χ1n) is 20.4. The van der Waals surface area contributed by atoms with Gasteiger partial charge in [-0.3, -0.25) is 9.97 Å². The molecule has 5 nitrogen and oxygen atoms in total. The Hall–Kier alpha value is -5.42. The monoisotopic (exact) mass is 875 g/mol. The van der Waals surface area contributed by atoms with Gasteiger partial charge in [0.05, 0.1) is 34.2 Å². The molecule has 0 aliphatic carbocycles. The number of benzene rings is 5. The van der Waals surface area contributed by atoms with Crippen molar-refractivity contribution in [2.45, 2.75) is 53.2 Å². The van der Waals surface area contributed by atoms with Crippen molar-refractivity contribution < 1.29 is 32.7 Å². The van der Waals surface area contributed by atoms with Gasteiger partial charge in [-0.1, -0.05) is 112 Å². The number of furan rings is 1. The Morgan fingerprint density at radius 3 is 2.13 bits per heavy atom. The van der Waals surface area contributed by atoms with Crippen LogP contribution < -0.4 is 0 Å². The maximum atomic E-state index is 7.28. The Morgan fingerprint density at radius 2 is 1.43 bits per heavy atom. The van der Waals surface area contributed by atoms with Gasteiger partial charge in [0, 0.05) is 51.0 Å². The standard InChI is InChI=1S/C34H28N3O.C13H12N.Ir/c1-20(2)22-13-9-14-23(21(3)4)32(22)37-29-19-35-28-17-7-5-12-26(28)31(29)36-34(37)27-16-10-15-25-24-11-6-8-18-30(24)38-33(25)27;1-10-3-6-12(7-4-10)13-8-5-11(2)9-14-13;/h5-15,17-21H,1-4H3;3-6,8-9H,1-2H3;/q2*-1;/i;1D3,2D3;. The van der Waals surface area contributed by atoms with Crippen molar-refractivity contribution in [2.24, 2.45) is 0 Å². The maximum absolute atomic E-state index is 7.28. The molecule has 9 rings (SSSR count). The fourth-order valence-corrected chi connectivity index (χ4v) is 6.83. The zero-order valence-corrected chi connectivity index (χ0v) is 32.1. The minimum absolute atomic E-state index is 0. The van der Waals surface area contributed by atoms with Crippen LogP contribution in [-0.2, 0) is 20.1 Å². The summed E-state index contributed by atoms with van der Waals surface area (Å²) in [6.07, 6.45) is 3.27. The number of aromatic nitrogens is 4. The average Bonchev–Trinajstić information content (AvgIpc) is 3.79. The zero-order valence-electron chi connectivity index (χ0n) is 35.7. The van der Waals surface area contributed by atoms with E-state index in [0.717, 1.165) is 55.3 Å². The van der Waals surface area contributed by atoms with Crippen LogP contribution in [0.5, 0.6) is 0 Å². The quantitative estimate of drug-likeness (QED) is 0.162. The Morgan fingerprint density at radius 1 is 0.698 bits per heavy atom. The van der Waals surface area contributed by atoms with Crippen molar-refractivity contribution in [3.8, 4) is 28.3 Å². The fourth-order valence-electron chi connectivity index (χ4n) is 6.83. The maximum Gasteiger partial charge on any atom is 0.120 e. The molecule has 0 fully saturated rings. The van der Waals surface area contributed by atoms with E-state index >= 15 is 0 Å². The minimum Gasteiger partial charge on any atom is -0.501 e. The third-order valence-electron chi connectivity index (χ3n) is 9.38. The predicted octanol–water partition coefficient (Wildman–Crippen LogP) is 12.4. The molecule has 4 aromatic heterocycles. The molecule has 0 saturated heterocycles. The van der Waals surface area contributed by atoms with Gasteiger partial charge in [0.1, 0.15) is 5.58 Å². The van der Waals surface area contributed by atoms with Crippen molar-refractivity contribution >= 4 is 43.9 Å². The van der Waals surface area contributed by atoms with Gasteiger partial charge in [-0.15, -0.1) is 53.6 Å². The van der Waals surface area contributed by atoms with E-state index in [1.165, 1.54) is 41.2 Å². The Labute approximate surface area is 332 Å². The summed E-state index contributed by atoms with van der Waals surface area (Å²) in [5, 5.41) is 3.20. The van der Waals surface area contributed by atoms with Crippen molar-refractivity contribution in [3.05, 3.63) is 156 Å². The largest absolute Gasteiger partial charge is 0.501 e. The van der Waals surface area contributed by atoms with E-state index in [2.05, 4.69) is 97.9 Å². The first-order valence-corrected chi connectivity index (χ1v) is 17.4. The Balaban J connectivity index is 0.000000214. The topological polar surface area (TPSA) is 56.7 Å². The van der Waals surface area contributed by atoms with Gasteiger partial charge in [0.15, 0.2) is 0 Å². The van der Waals surface area contributed by atoms with Crippen LogP contribution in [0.15, 0.2) is 126 Å². The van der Waals surface area contributed by atoms with Gasteiger partial charge >= 0.3 is 0 Å². The van der Waals surface area contributed by atoms with Crippen LogP contribution in [0, 0.1) is 25.8 Å². The smallest absolute Gasteiger partial charge is 0.120 e. The summed E-state index contributed by atoms with van der Waals surface area (Å²) in [5.41, 5.74) is 10.6. The van der Waals surface area contributed by atoms with Gasteiger partial charge < -0.3 is 14.0 Å². The minimum atomic E-state index is -2.18. The zero-order chi connectivity index (χ0) is 40.9. The summed E-state index contributed by atoms with van der Waals surface area (Å²) < 4.78 is 52.4. The summed E-state index contributed by atoms with van der Waals surface area (Å²) >= 11 is 0. The second-order valence-electron chi connectivity index (χ2n) is 13.5. The molecule has 0 N–H and O–H groups in total. The predicted molar refractivity (Wildman–Crippen MR) is 214 cm³/mol. The van der Waals surface area contributed by atoms with Crippen LogP contribution in [0.1, 0.15) is 70.0 Å². The Bertz CT molecular complexity index is 2850. The first kappa shape index (κ1) is 29.1. The number of rotatable bonds is 5. The summed E-state index contributed by atoms with van der Waals surface area (Å²) in [4.78, 5) is 14.3. The van der Waals surface area contributed by atoms with E-state index in [1.54, 1.807) is 12.1 Å². The van der Waals surface area contributed by atoms with Crippen molar-refractivity contribution in [1.29, 1.82) is 0 Å². The molecular weight excluding hydrogens is 829 g/mol. The number of hydrogen-bond donors (Lipinski definition) is 0. The van der Waals surface area contributed by atoms with Crippen LogP contribution in [0.2, 0.25) is 0 Å². The molecule has 0 spiro atoms. The molecule has 6 heteroatoms. The number of aryl methyl sites for hydroxylation is 2. The van der Waals surface area contributed by atoms with Crippen molar-refractivity contribution in [2.75, 3.05) is 0 Å². The van der Waals surface area contributed by atoms with Crippen LogP contribution >= 0.6 is 0 Å². The van der Waals surface area contributed by atoms with Crippen LogP contribution in [0.3, 0.4) is 0 Å². The SMILES string of the molecule is CC(C)c1cccc(C(C)C)c1-n1c(-c2[c-]ccc3c2oc2ccccc23)nc2c3ccccc3ncc21.[2H]C([2H])([2H])c1c[c-]c(-c2ccc(C([2H])([2H])[2H])cn2)cc1.[Ir]. The molecular formula is C47H40IrN4O-2. The van der Waals surface area contributed by atoms with Crippen LogP contribution in [0.4, 0.5) is 0 Å². The molecule has 5 aromatic carbocycles. The fraction of sp³-hybridized carbons (Fsp3) is 0.170. The number of pyridine rings is 2. The van der Waals surface area contributed by atoms with Gasteiger partial charge in [0.2, 0.25) is 0 Å². The van der Waals surface area contributed by atoms with E-state index in [0.29, 0.717) is 23.1 Å². The number of para-hydroxylation sites is 3. The number of hydrogen-bond acceptors (Lipinski definition) is 4. The molecule has 0 aliphatic rings. The average molecular weight is 875 g/mol. The van der Waals surface area contributed by atoms with E-state index in [9.17, 15) is 0 Å². The van der Waals surface area contributed by atoms with Gasteiger partial charge in [0.25, 0.3) is 0 Å². The van der Waals surface area contributed by atoms with Crippen LogP contribution in [-0.4, -0.2) is 19.5 Å². The molecule has 4 heterocycles. The number of nitrogens with zero attached hydrogens (tertiary/aromatic N) is 4. The third-order valence-corrected chi connectivity index (χ3v) is 9.38. The Kier molecular flexibility index (Phi) is 8.18. The first-order chi connectivity index (χ1) is 27.7. The molecule has 0 saturated carbocycles. The molecule has 9 aromatic rings. The molecule has 1 radical (unpaired) electrons. The summed E-state index contributed by atoms with van der Waals surface area (Å²) in [5.74, 6) is 1.47. The van der Waals surface area contributed by atoms with Crippen molar-refractivity contribution in [1.82, 2.24) is 19.5 Å². The normalized spacial score (nSPS) is 13.5. The van der Waals surface area contributed by atoms with Gasteiger partial charge in [-0.05, 0) is 53.2 Å². The van der Waals surface area contributed by atoms with Crippen molar-refractivity contribution in [3.63, 3.8) is 0 Å². The molecule has 0 unspecified atom stereocenters. The molecule has 265 valence electrons. The van der Waals surface area contributed by atoms with Crippen LogP contribution in [0.25, 0.3) is 72.2 Å². The second kappa shape index (κ2) is 14.9. The summed E-state index contributed by atoms with van der Waals surface area (Å²) in [6, 6.07) is 41.1. The molecule has 0 amide bonds. The number of imidazole rings is 1. The summed E-state index contributed by atoms with van der Waals surface area (Å²) in [7, 11) is 0. The van der Waals surface area contributed by atoms with Gasteiger partial charge in [-0.25, -0.2) is 0 Å². The van der Waals surface area contributed by atoms with E-state index < -0.39 is 13.7 Å². The molecule has 0 atom stereocenters. The summed E-state index contributed by atoms with van der Waals surface area (Å²) in [6.45, 7) is 4.67. The number of fused-ring (bicyclic) bond motifs is 6. The molecule has 0 aliphatic heterocycles. The third kappa shape index (κ3) is 6.70. The second-order valence-corrected chi connectivity index (χ2v) is 13.5. The van der Waals surface area contributed by atoms with E-state index in [1.807, 2.05) is 36.5 Å². The van der Waals surface area contributed by atoms with E-state index in [4.69, 9.17) is 22.6 Å².